The molecule has 0 aliphatic carbocycles. The minimum absolute atomic E-state index is 0.0147. The number of para-hydroxylation sites is 1. The Kier molecular flexibility index (Phi) is 3.51. The number of carboxylic acids is 1. The molecule has 19 heavy (non-hydrogen) atoms. The Labute approximate surface area is 110 Å². The van der Waals surface area contributed by atoms with Crippen molar-refractivity contribution in [1.82, 2.24) is 0 Å². The summed E-state index contributed by atoms with van der Waals surface area (Å²) < 4.78 is 19.1. The monoisotopic (exact) mass is 260 g/mol. The molecule has 0 radical (unpaired) electrons. The van der Waals surface area contributed by atoms with Gasteiger partial charge in [-0.3, -0.25) is 0 Å². The summed E-state index contributed by atoms with van der Waals surface area (Å²) in [5.74, 6) is -1.44. The van der Waals surface area contributed by atoms with Crippen molar-refractivity contribution in [3.8, 4) is 11.5 Å². The van der Waals surface area contributed by atoms with E-state index in [0.29, 0.717) is 5.56 Å². The van der Waals surface area contributed by atoms with Crippen LogP contribution in [0, 0.1) is 19.7 Å². The van der Waals surface area contributed by atoms with Crippen LogP contribution in [0.25, 0.3) is 0 Å². The molecule has 0 aromatic heterocycles. The smallest absolute Gasteiger partial charge is 0.339 e. The summed E-state index contributed by atoms with van der Waals surface area (Å²) in [6.45, 7) is 3.53. The van der Waals surface area contributed by atoms with E-state index in [1.54, 1.807) is 25.1 Å². The third-order valence-electron chi connectivity index (χ3n) is 2.74. The van der Waals surface area contributed by atoms with E-state index in [2.05, 4.69) is 0 Å². The first-order valence-electron chi connectivity index (χ1n) is 5.76. The maximum absolute atomic E-state index is 13.6. The van der Waals surface area contributed by atoms with Crippen molar-refractivity contribution >= 4 is 5.97 Å². The first kappa shape index (κ1) is 13.1. The third kappa shape index (κ3) is 2.73. The largest absolute Gasteiger partial charge is 0.478 e. The summed E-state index contributed by atoms with van der Waals surface area (Å²) in [6, 6.07) is 9.22. The summed E-state index contributed by atoms with van der Waals surface area (Å²) in [4.78, 5) is 11.1. The van der Waals surface area contributed by atoms with Crippen molar-refractivity contribution in [2.45, 2.75) is 13.8 Å². The zero-order valence-electron chi connectivity index (χ0n) is 10.6. The molecule has 0 atom stereocenters. The second-order valence-corrected chi connectivity index (χ2v) is 4.29. The number of hydrogen-bond donors (Lipinski definition) is 1. The van der Waals surface area contributed by atoms with Crippen molar-refractivity contribution in [2.24, 2.45) is 0 Å². The molecule has 2 rings (SSSR count). The molecule has 0 saturated carbocycles. The molecule has 3 nitrogen and oxygen atoms in total. The highest BCUT2D eigenvalue weighted by Gasteiger charge is 2.15. The van der Waals surface area contributed by atoms with Crippen molar-refractivity contribution < 1.29 is 19.0 Å². The lowest BCUT2D eigenvalue weighted by Crippen LogP contribution is -2.02. The van der Waals surface area contributed by atoms with Crippen LogP contribution >= 0.6 is 0 Å². The zero-order chi connectivity index (χ0) is 14.0. The minimum atomic E-state index is -1.10. The van der Waals surface area contributed by atoms with E-state index in [1.807, 2.05) is 6.92 Å². The summed E-state index contributed by atoms with van der Waals surface area (Å²) in [7, 11) is 0. The summed E-state index contributed by atoms with van der Waals surface area (Å²) >= 11 is 0. The standard InChI is InChI=1S/C15H13FO3/c1-9-6-7-12(16)13(8-9)19-14-10(2)4-3-5-11(14)15(17)18/h3-8H,1-2H3,(H,17,18). The molecular formula is C15H13FO3. The molecule has 0 fully saturated rings. The Morgan fingerprint density at radius 2 is 1.95 bits per heavy atom. The Balaban J connectivity index is 2.49. The van der Waals surface area contributed by atoms with E-state index >= 15 is 0 Å². The Bertz CT molecular complexity index is 635. The van der Waals surface area contributed by atoms with E-state index in [-0.39, 0.29) is 17.1 Å². The Morgan fingerprint density at radius 1 is 1.21 bits per heavy atom. The maximum atomic E-state index is 13.6. The molecular weight excluding hydrogens is 247 g/mol. The van der Waals surface area contributed by atoms with Crippen LogP contribution in [0.2, 0.25) is 0 Å². The van der Waals surface area contributed by atoms with Crippen LogP contribution < -0.4 is 4.74 Å². The van der Waals surface area contributed by atoms with Crippen LogP contribution in [0.4, 0.5) is 4.39 Å². The lowest BCUT2D eigenvalue weighted by Gasteiger charge is -2.12. The number of aromatic carboxylic acids is 1. The lowest BCUT2D eigenvalue weighted by atomic mass is 10.1. The lowest BCUT2D eigenvalue weighted by molar-refractivity contribution is 0.0694. The van der Waals surface area contributed by atoms with Crippen molar-refractivity contribution in [3.05, 3.63) is 58.9 Å². The molecule has 2 aromatic carbocycles. The molecule has 0 spiro atoms. The molecule has 98 valence electrons. The number of halogens is 1. The predicted octanol–water partition coefficient (Wildman–Crippen LogP) is 3.93. The van der Waals surface area contributed by atoms with E-state index < -0.39 is 11.8 Å². The van der Waals surface area contributed by atoms with Gasteiger partial charge in [0.05, 0.1) is 0 Å². The van der Waals surface area contributed by atoms with E-state index in [4.69, 9.17) is 9.84 Å². The number of carboxylic acid groups (broad SMARTS) is 1. The molecule has 0 unspecified atom stereocenters. The number of aryl methyl sites for hydroxylation is 2. The zero-order valence-corrected chi connectivity index (χ0v) is 10.6. The highest BCUT2D eigenvalue weighted by Crippen LogP contribution is 2.31. The van der Waals surface area contributed by atoms with Gasteiger partial charge >= 0.3 is 5.97 Å². The minimum Gasteiger partial charge on any atom is -0.478 e. The van der Waals surface area contributed by atoms with E-state index in [1.165, 1.54) is 18.2 Å². The fourth-order valence-electron chi connectivity index (χ4n) is 1.76. The van der Waals surface area contributed by atoms with Gasteiger partial charge < -0.3 is 9.84 Å². The Morgan fingerprint density at radius 3 is 2.63 bits per heavy atom. The summed E-state index contributed by atoms with van der Waals surface area (Å²) in [6.07, 6.45) is 0. The second kappa shape index (κ2) is 5.10. The average molecular weight is 260 g/mol. The highest BCUT2D eigenvalue weighted by atomic mass is 19.1. The van der Waals surface area contributed by atoms with Crippen LogP contribution in [0.5, 0.6) is 11.5 Å². The van der Waals surface area contributed by atoms with Gasteiger partial charge in [0.2, 0.25) is 0 Å². The molecule has 0 saturated heterocycles. The Hall–Kier alpha value is -2.36. The number of rotatable bonds is 3. The fourth-order valence-corrected chi connectivity index (χ4v) is 1.76. The fraction of sp³-hybridized carbons (Fsp3) is 0.133. The number of carbonyl (C=O) groups is 1. The topological polar surface area (TPSA) is 46.5 Å². The van der Waals surface area contributed by atoms with Crippen LogP contribution in [-0.4, -0.2) is 11.1 Å². The van der Waals surface area contributed by atoms with Crippen LogP contribution in [0.15, 0.2) is 36.4 Å². The molecule has 0 amide bonds. The predicted molar refractivity (Wildman–Crippen MR) is 69.3 cm³/mol. The van der Waals surface area contributed by atoms with Gasteiger partial charge in [0.25, 0.3) is 0 Å². The van der Waals surface area contributed by atoms with Crippen molar-refractivity contribution in [2.75, 3.05) is 0 Å². The maximum Gasteiger partial charge on any atom is 0.339 e. The molecule has 0 aliphatic heterocycles. The van der Waals surface area contributed by atoms with Gasteiger partial charge in [-0.15, -0.1) is 0 Å². The van der Waals surface area contributed by atoms with Gasteiger partial charge in [0.1, 0.15) is 11.3 Å². The first-order valence-corrected chi connectivity index (χ1v) is 5.76. The normalized spacial score (nSPS) is 10.3. The van der Waals surface area contributed by atoms with E-state index in [0.717, 1.165) is 5.56 Å². The molecule has 4 heteroatoms. The summed E-state index contributed by atoms with van der Waals surface area (Å²) in [5.41, 5.74) is 1.49. The molecule has 0 heterocycles. The molecule has 2 aromatic rings. The van der Waals surface area contributed by atoms with Crippen molar-refractivity contribution in [3.63, 3.8) is 0 Å². The number of benzene rings is 2. The second-order valence-electron chi connectivity index (χ2n) is 4.29. The van der Waals surface area contributed by atoms with Crippen LogP contribution in [0.1, 0.15) is 21.5 Å². The SMILES string of the molecule is Cc1ccc(F)c(Oc2c(C)cccc2C(=O)O)c1. The number of ether oxygens (including phenoxy) is 1. The van der Waals surface area contributed by atoms with E-state index in [9.17, 15) is 9.18 Å². The molecule has 0 aliphatic rings. The molecule has 0 bridgehead atoms. The highest BCUT2D eigenvalue weighted by molar-refractivity contribution is 5.91. The first-order chi connectivity index (χ1) is 8.99. The quantitative estimate of drug-likeness (QED) is 0.909. The molecule has 1 N–H and O–H groups in total. The van der Waals surface area contributed by atoms with Gasteiger partial charge in [-0.1, -0.05) is 18.2 Å². The number of hydrogen-bond acceptors (Lipinski definition) is 2. The van der Waals surface area contributed by atoms with Gasteiger partial charge in [0.15, 0.2) is 11.6 Å². The van der Waals surface area contributed by atoms with Gasteiger partial charge in [-0.05, 0) is 43.2 Å². The van der Waals surface area contributed by atoms with Crippen LogP contribution in [-0.2, 0) is 0 Å². The third-order valence-corrected chi connectivity index (χ3v) is 2.74. The average Bonchev–Trinajstić information content (AvgIpc) is 2.35. The van der Waals surface area contributed by atoms with Crippen LogP contribution in [0.3, 0.4) is 0 Å². The van der Waals surface area contributed by atoms with Crippen molar-refractivity contribution in [1.29, 1.82) is 0 Å². The van der Waals surface area contributed by atoms with Gasteiger partial charge in [-0.25, -0.2) is 9.18 Å². The van der Waals surface area contributed by atoms with Gasteiger partial charge in [0, 0.05) is 0 Å². The van der Waals surface area contributed by atoms with Gasteiger partial charge in [-0.2, -0.15) is 0 Å². The summed E-state index contributed by atoms with van der Waals surface area (Å²) in [5, 5.41) is 9.12.